The fourth-order valence-electron chi connectivity index (χ4n) is 2.18. The average Bonchev–Trinajstić information content (AvgIpc) is 3.02. The SMILES string of the molecule is CN=C(NCCCn1cccn1)NCCc1cc(Cl)cc(Cl)c1. The molecular weight excluding hydrogens is 333 g/mol. The second kappa shape index (κ2) is 9.43. The lowest BCUT2D eigenvalue weighted by molar-refractivity contribution is 0.570. The van der Waals surface area contributed by atoms with Crippen molar-refractivity contribution >= 4 is 29.2 Å². The molecule has 1 aromatic heterocycles. The Balaban J connectivity index is 1.66. The van der Waals surface area contributed by atoms with Crippen LogP contribution in [-0.2, 0) is 13.0 Å². The van der Waals surface area contributed by atoms with Crippen molar-refractivity contribution < 1.29 is 0 Å². The summed E-state index contributed by atoms with van der Waals surface area (Å²) >= 11 is 12.0. The average molecular weight is 354 g/mol. The Hall–Kier alpha value is -1.72. The van der Waals surface area contributed by atoms with Gasteiger partial charge in [0.1, 0.15) is 0 Å². The fourth-order valence-corrected chi connectivity index (χ4v) is 2.75. The van der Waals surface area contributed by atoms with Gasteiger partial charge in [-0.2, -0.15) is 5.10 Å². The summed E-state index contributed by atoms with van der Waals surface area (Å²) in [7, 11) is 1.76. The summed E-state index contributed by atoms with van der Waals surface area (Å²) in [5, 5.41) is 12.1. The number of benzene rings is 1. The second-order valence-electron chi connectivity index (χ2n) is 5.08. The van der Waals surface area contributed by atoms with Gasteiger partial charge in [0.2, 0.25) is 0 Å². The highest BCUT2D eigenvalue weighted by Crippen LogP contribution is 2.19. The van der Waals surface area contributed by atoms with Crippen LogP contribution in [0.25, 0.3) is 0 Å². The van der Waals surface area contributed by atoms with Crippen molar-refractivity contribution in [1.82, 2.24) is 20.4 Å². The molecule has 0 spiro atoms. The number of aromatic nitrogens is 2. The molecule has 2 N–H and O–H groups in total. The number of rotatable bonds is 7. The van der Waals surface area contributed by atoms with E-state index in [0.717, 1.165) is 44.0 Å². The zero-order valence-electron chi connectivity index (χ0n) is 13.1. The number of hydrogen-bond donors (Lipinski definition) is 2. The van der Waals surface area contributed by atoms with Gasteiger partial charge in [-0.25, -0.2) is 0 Å². The monoisotopic (exact) mass is 353 g/mol. The molecule has 0 unspecified atom stereocenters. The predicted octanol–water partition coefficient (Wildman–Crippen LogP) is 2.99. The molecule has 0 aliphatic carbocycles. The molecule has 0 radical (unpaired) electrons. The van der Waals surface area contributed by atoms with Crippen LogP contribution in [0.15, 0.2) is 41.7 Å². The normalized spacial score (nSPS) is 11.5. The van der Waals surface area contributed by atoms with Crippen molar-refractivity contribution in [3.05, 3.63) is 52.3 Å². The summed E-state index contributed by atoms with van der Waals surface area (Å²) in [5.74, 6) is 0.790. The molecular formula is C16H21Cl2N5. The van der Waals surface area contributed by atoms with Crippen LogP contribution in [-0.4, -0.2) is 35.9 Å². The highest BCUT2D eigenvalue weighted by molar-refractivity contribution is 6.34. The van der Waals surface area contributed by atoms with Crippen LogP contribution in [0.3, 0.4) is 0 Å². The van der Waals surface area contributed by atoms with Gasteiger partial charge in [-0.15, -0.1) is 0 Å². The van der Waals surface area contributed by atoms with Gasteiger partial charge < -0.3 is 10.6 Å². The van der Waals surface area contributed by atoms with Crippen LogP contribution in [0.4, 0.5) is 0 Å². The summed E-state index contributed by atoms with van der Waals surface area (Å²) in [6.07, 6.45) is 5.56. The molecule has 1 heterocycles. The molecule has 124 valence electrons. The summed E-state index contributed by atoms with van der Waals surface area (Å²) < 4.78 is 1.92. The van der Waals surface area contributed by atoms with E-state index in [-0.39, 0.29) is 0 Å². The van der Waals surface area contributed by atoms with Crippen molar-refractivity contribution in [2.45, 2.75) is 19.4 Å². The molecule has 1 aromatic carbocycles. The molecule has 2 rings (SSSR count). The first kappa shape index (κ1) is 17.6. The van der Waals surface area contributed by atoms with Gasteiger partial charge in [0.05, 0.1) is 0 Å². The van der Waals surface area contributed by atoms with E-state index in [0.29, 0.717) is 10.0 Å². The second-order valence-corrected chi connectivity index (χ2v) is 5.95. The van der Waals surface area contributed by atoms with Crippen LogP contribution < -0.4 is 10.6 Å². The van der Waals surface area contributed by atoms with E-state index in [9.17, 15) is 0 Å². The lowest BCUT2D eigenvalue weighted by Crippen LogP contribution is -2.39. The van der Waals surface area contributed by atoms with E-state index >= 15 is 0 Å². The molecule has 0 bridgehead atoms. The molecule has 7 heteroatoms. The van der Waals surface area contributed by atoms with Crippen molar-refractivity contribution in [2.24, 2.45) is 4.99 Å². The van der Waals surface area contributed by atoms with E-state index in [1.165, 1.54) is 0 Å². The molecule has 0 fully saturated rings. The summed E-state index contributed by atoms with van der Waals surface area (Å²) in [6, 6.07) is 7.51. The van der Waals surface area contributed by atoms with Gasteiger partial charge in [0.15, 0.2) is 5.96 Å². The molecule has 2 aromatic rings. The molecule has 0 aliphatic heterocycles. The number of aliphatic imine (C=N–C) groups is 1. The maximum atomic E-state index is 6.00. The standard InChI is InChI=1S/C16H21Cl2N5/c1-19-16(20-5-2-8-23-9-3-6-22-23)21-7-4-13-10-14(17)12-15(18)11-13/h3,6,9-12H,2,4-5,7-8H2,1H3,(H2,19,20,21). The van der Waals surface area contributed by atoms with Crippen LogP contribution in [0.5, 0.6) is 0 Å². The maximum Gasteiger partial charge on any atom is 0.190 e. The topological polar surface area (TPSA) is 54.2 Å². The number of guanidine groups is 1. The zero-order chi connectivity index (χ0) is 16.5. The summed E-state index contributed by atoms with van der Waals surface area (Å²) in [4.78, 5) is 4.21. The summed E-state index contributed by atoms with van der Waals surface area (Å²) in [5.41, 5.74) is 1.10. The Labute approximate surface area is 146 Å². The van der Waals surface area contributed by atoms with Gasteiger partial charge in [0, 0.05) is 49.1 Å². The van der Waals surface area contributed by atoms with Crippen molar-refractivity contribution in [2.75, 3.05) is 20.1 Å². The van der Waals surface area contributed by atoms with Gasteiger partial charge >= 0.3 is 0 Å². The third kappa shape index (κ3) is 6.50. The number of hydrogen-bond acceptors (Lipinski definition) is 2. The van der Waals surface area contributed by atoms with Crippen molar-refractivity contribution in [1.29, 1.82) is 0 Å². The van der Waals surface area contributed by atoms with Crippen molar-refractivity contribution in [3.63, 3.8) is 0 Å². The molecule has 0 saturated heterocycles. The Bertz CT molecular complexity index is 605. The quantitative estimate of drug-likeness (QED) is 0.457. The predicted molar refractivity (Wildman–Crippen MR) is 96.4 cm³/mol. The number of aryl methyl sites for hydroxylation is 1. The minimum absolute atomic E-state index is 0.661. The maximum absolute atomic E-state index is 6.00. The molecule has 0 saturated carbocycles. The van der Waals surface area contributed by atoms with Crippen molar-refractivity contribution in [3.8, 4) is 0 Å². The third-order valence-electron chi connectivity index (χ3n) is 3.27. The Morgan fingerprint density at radius 3 is 2.57 bits per heavy atom. The van der Waals surface area contributed by atoms with Gasteiger partial charge in [-0.05, 0) is 42.7 Å². The van der Waals surface area contributed by atoms with E-state index in [2.05, 4.69) is 20.7 Å². The molecule has 0 aliphatic rings. The van der Waals surface area contributed by atoms with Crippen LogP contribution in [0, 0.1) is 0 Å². The highest BCUT2D eigenvalue weighted by atomic mass is 35.5. The van der Waals surface area contributed by atoms with Crippen LogP contribution in [0.2, 0.25) is 10.0 Å². The Morgan fingerprint density at radius 2 is 1.91 bits per heavy atom. The molecule has 5 nitrogen and oxygen atoms in total. The minimum atomic E-state index is 0.661. The largest absolute Gasteiger partial charge is 0.356 e. The minimum Gasteiger partial charge on any atom is -0.356 e. The smallest absolute Gasteiger partial charge is 0.190 e. The van der Waals surface area contributed by atoms with E-state index < -0.39 is 0 Å². The Kier molecular flexibility index (Phi) is 7.23. The number of halogens is 2. The third-order valence-corrected chi connectivity index (χ3v) is 3.70. The van der Waals surface area contributed by atoms with E-state index in [4.69, 9.17) is 23.2 Å². The Morgan fingerprint density at radius 1 is 1.17 bits per heavy atom. The van der Waals surface area contributed by atoms with Gasteiger partial charge in [-0.1, -0.05) is 23.2 Å². The molecule has 0 amide bonds. The first-order chi connectivity index (χ1) is 11.2. The van der Waals surface area contributed by atoms with E-state index in [1.54, 1.807) is 19.3 Å². The lowest BCUT2D eigenvalue weighted by atomic mass is 10.1. The first-order valence-electron chi connectivity index (χ1n) is 7.54. The van der Waals surface area contributed by atoms with E-state index in [1.807, 2.05) is 29.1 Å². The van der Waals surface area contributed by atoms with Crippen LogP contribution in [0.1, 0.15) is 12.0 Å². The molecule has 23 heavy (non-hydrogen) atoms. The zero-order valence-corrected chi connectivity index (χ0v) is 14.6. The highest BCUT2D eigenvalue weighted by Gasteiger charge is 2.01. The number of nitrogens with zero attached hydrogens (tertiary/aromatic N) is 3. The molecule has 0 atom stereocenters. The summed E-state index contributed by atoms with van der Waals surface area (Å²) in [6.45, 7) is 2.48. The first-order valence-corrected chi connectivity index (χ1v) is 8.30. The fraction of sp³-hybridized carbons (Fsp3) is 0.375. The number of nitrogens with one attached hydrogen (secondary N) is 2. The van der Waals surface area contributed by atoms with Gasteiger partial charge in [-0.3, -0.25) is 9.67 Å². The van der Waals surface area contributed by atoms with Gasteiger partial charge in [0.25, 0.3) is 0 Å². The van der Waals surface area contributed by atoms with Crippen LogP contribution >= 0.6 is 23.2 Å². The lowest BCUT2D eigenvalue weighted by Gasteiger charge is -2.12.